The average Bonchev–Trinajstić information content (AvgIpc) is 2.82. The first-order chi connectivity index (χ1) is 8.29. The van der Waals surface area contributed by atoms with E-state index in [0.717, 1.165) is 19.2 Å². The zero-order valence-electron chi connectivity index (χ0n) is 11.5. The van der Waals surface area contributed by atoms with Gasteiger partial charge in [-0.05, 0) is 45.6 Å². The van der Waals surface area contributed by atoms with E-state index in [2.05, 4.69) is 24.1 Å². The van der Waals surface area contributed by atoms with Gasteiger partial charge in [-0.2, -0.15) is 0 Å². The van der Waals surface area contributed by atoms with Crippen molar-refractivity contribution in [3.63, 3.8) is 0 Å². The molecule has 2 rings (SSSR count). The molecule has 0 aromatic carbocycles. The van der Waals surface area contributed by atoms with Gasteiger partial charge < -0.3 is 10.1 Å². The summed E-state index contributed by atoms with van der Waals surface area (Å²) in [7, 11) is 0. The normalized spacial score (nSPS) is 35.3. The van der Waals surface area contributed by atoms with Crippen molar-refractivity contribution >= 4 is 0 Å². The van der Waals surface area contributed by atoms with E-state index in [1.807, 2.05) is 0 Å². The van der Waals surface area contributed by atoms with E-state index in [9.17, 15) is 0 Å². The van der Waals surface area contributed by atoms with E-state index < -0.39 is 0 Å². The lowest BCUT2D eigenvalue weighted by Crippen LogP contribution is -2.55. The highest BCUT2D eigenvalue weighted by molar-refractivity contribution is 4.83. The molecule has 17 heavy (non-hydrogen) atoms. The van der Waals surface area contributed by atoms with Crippen LogP contribution in [0.5, 0.6) is 0 Å². The number of nitrogens with zero attached hydrogens (tertiary/aromatic N) is 1. The Morgan fingerprint density at radius 2 is 2.29 bits per heavy atom. The Morgan fingerprint density at radius 1 is 1.41 bits per heavy atom. The summed E-state index contributed by atoms with van der Waals surface area (Å²) in [4.78, 5) is 2.68. The molecule has 0 aromatic heterocycles. The van der Waals surface area contributed by atoms with Crippen LogP contribution in [0.2, 0.25) is 0 Å². The minimum absolute atomic E-state index is 0.565. The fraction of sp³-hybridized carbons (Fsp3) is 1.00. The lowest BCUT2D eigenvalue weighted by molar-refractivity contribution is 0.0883. The van der Waals surface area contributed by atoms with Crippen LogP contribution >= 0.6 is 0 Å². The first-order valence-electron chi connectivity index (χ1n) is 7.38. The van der Waals surface area contributed by atoms with Gasteiger partial charge in [0.1, 0.15) is 0 Å². The van der Waals surface area contributed by atoms with Crippen LogP contribution in [0.1, 0.15) is 46.0 Å². The number of piperazine rings is 1. The van der Waals surface area contributed by atoms with Crippen molar-refractivity contribution in [3.05, 3.63) is 0 Å². The maximum atomic E-state index is 5.69. The zero-order chi connectivity index (χ0) is 12.1. The van der Waals surface area contributed by atoms with Crippen molar-refractivity contribution in [3.8, 4) is 0 Å². The molecule has 2 saturated heterocycles. The smallest absolute Gasteiger partial charge is 0.0576 e. The van der Waals surface area contributed by atoms with Gasteiger partial charge in [0.05, 0.1) is 6.10 Å². The van der Waals surface area contributed by atoms with Gasteiger partial charge in [-0.3, -0.25) is 4.90 Å². The van der Waals surface area contributed by atoms with Gasteiger partial charge in [-0.15, -0.1) is 0 Å². The van der Waals surface area contributed by atoms with Crippen LogP contribution in [0.3, 0.4) is 0 Å². The van der Waals surface area contributed by atoms with E-state index >= 15 is 0 Å². The minimum Gasteiger partial charge on any atom is -0.378 e. The van der Waals surface area contributed by atoms with Gasteiger partial charge in [0.15, 0.2) is 0 Å². The first kappa shape index (κ1) is 13.3. The second kappa shape index (κ2) is 6.72. The molecule has 3 unspecified atom stereocenters. The molecular formula is C14H28N2O. The third-order valence-electron chi connectivity index (χ3n) is 4.19. The van der Waals surface area contributed by atoms with Crippen molar-refractivity contribution in [1.82, 2.24) is 10.2 Å². The highest BCUT2D eigenvalue weighted by Gasteiger charge is 2.24. The molecule has 0 spiro atoms. The van der Waals surface area contributed by atoms with Gasteiger partial charge in [0, 0.05) is 31.8 Å². The predicted molar refractivity (Wildman–Crippen MR) is 71.3 cm³/mol. The molecule has 0 radical (unpaired) electrons. The van der Waals surface area contributed by atoms with Crippen LogP contribution in [0.15, 0.2) is 0 Å². The molecule has 2 heterocycles. The molecule has 2 fully saturated rings. The predicted octanol–water partition coefficient (Wildman–Crippen LogP) is 2.02. The largest absolute Gasteiger partial charge is 0.378 e. The van der Waals surface area contributed by atoms with E-state index in [-0.39, 0.29) is 0 Å². The van der Waals surface area contributed by atoms with Crippen molar-refractivity contribution in [2.24, 2.45) is 0 Å². The number of nitrogens with one attached hydrogen (secondary N) is 1. The Labute approximate surface area is 106 Å². The molecule has 3 nitrogen and oxygen atoms in total. The lowest BCUT2D eigenvalue weighted by atomic mass is 10.1. The average molecular weight is 240 g/mol. The quantitative estimate of drug-likeness (QED) is 0.795. The van der Waals surface area contributed by atoms with Gasteiger partial charge in [0.25, 0.3) is 0 Å². The lowest BCUT2D eigenvalue weighted by Gasteiger charge is -2.39. The molecule has 2 aliphatic rings. The molecule has 0 aliphatic carbocycles. The van der Waals surface area contributed by atoms with Gasteiger partial charge >= 0.3 is 0 Å². The summed E-state index contributed by atoms with van der Waals surface area (Å²) in [6.07, 6.45) is 6.94. The molecule has 3 atom stereocenters. The molecule has 0 bridgehead atoms. The van der Waals surface area contributed by atoms with Gasteiger partial charge in [0.2, 0.25) is 0 Å². The topological polar surface area (TPSA) is 24.5 Å². The van der Waals surface area contributed by atoms with Gasteiger partial charge in [-0.1, -0.05) is 6.92 Å². The van der Waals surface area contributed by atoms with E-state index in [4.69, 9.17) is 4.74 Å². The molecule has 0 amide bonds. The number of hydrogen-bond donors (Lipinski definition) is 1. The molecule has 3 heteroatoms. The van der Waals surface area contributed by atoms with Crippen molar-refractivity contribution in [2.75, 3.05) is 26.2 Å². The fourth-order valence-corrected chi connectivity index (χ4v) is 3.10. The molecule has 2 aliphatic heterocycles. The van der Waals surface area contributed by atoms with Crippen LogP contribution in [0, 0.1) is 0 Å². The highest BCUT2D eigenvalue weighted by Crippen LogP contribution is 2.18. The number of hydrogen-bond acceptors (Lipinski definition) is 3. The summed E-state index contributed by atoms with van der Waals surface area (Å²) in [6, 6.07) is 1.40. The summed E-state index contributed by atoms with van der Waals surface area (Å²) in [6.45, 7) is 9.22. The molecule has 100 valence electrons. The SMILES string of the molecule is CCC1CNC(C)CN1CCCC1CCCO1. The van der Waals surface area contributed by atoms with Crippen LogP contribution in [-0.2, 0) is 4.74 Å². The third-order valence-corrected chi connectivity index (χ3v) is 4.19. The third kappa shape index (κ3) is 3.94. The highest BCUT2D eigenvalue weighted by atomic mass is 16.5. The summed E-state index contributed by atoms with van der Waals surface area (Å²) in [5.74, 6) is 0. The number of ether oxygens (including phenoxy) is 1. The second-order valence-corrected chi connectivity index (χ2v) is 5.64. The van der Waals surface area contributed by atoms with Crippen molar-refractivity contribution in [2.45, 2.75) is 64.1 Å². The Morgan fingerprint density at radius 3 is 3.00 bits per heavy atom. The van der Waals surface area contributed by atoms with E-state index in [0.29, 0.717) is 12.1 Å². The summed E-state index contributed by atoms with van der Waals surface area (Å²) in [5, 5.41) is 3.58. The Kier molecular flexibility index (Phi) is 5.26. The summed E-state index contributed by atoms with van der Waals surface area (Å²) >= 11 is 0. The molecule has 1 N–H and O–H groups in total. The van der Waals surface area contributed by atoms with Gasteiger partial charge in [-0.25, -0.2) is 0 Å². The van der Waals surface area contributed by atoms with Crippen LogP contribution in [0.4, 0.5) is 0 Å². The minimum atomic E-state index is 0.565. The van der Waals surface area contributed by atoms with E-state index in [1.165, 1.54) is 45.2 Å². The molecule has 0 aromatic rings. The maximum Gasteiger partial charge on any atom is 0.0576 e. The second-order valence-electron chi connectivity index (χ2n) is 5.64. The van der Waals surface area contributed by atoms with E-state index in [1.54, 1.807) is 0 Å². The first-order valence-corrected chi connectivity index (χ1v) is 7.38. The Balaban J connectivity index is 1.68. The monoisotopic (exact) mass is 240 g/mol. The summed E-state index contributed by atoms with van der Waals surface area (Å²) < 4.78 is 5.69. The Hall–Kier alpha value is -0.120. The van der Waals surface area contributed by atoms with Crippen molar-refractivity contribution < 1.29 is 4.74 Å². The maximum absolute atomic E-state index is 5.69. The molecular weight excluding hydrogens is 212 g/mol. The number of rotatable bonds is 5. The van der Waals surface area contributed by atoms with Crippen LogP contribution in [-0.4, -0.2) is 49.3 Å². The standard InChI is InChI=1S/C14H28N2O/c1-3-13-10-15-12(2)11-16(13)8-4-6-14-7-5-9-17-14/h12-15H,3-11H2,1-2H3. The Bertz CT molecular complexity index is 216. The van der Waals surface area contributed by atoms with Crippen LogP contribution in [0.25, 0.3) is 0 Å². The summed E-state index contributed by atoms with van der Waals surface area (Å²) in [5.41, 5.74) is 0. The van der Waals surface area contributed by atoms with Crippen LogP contribution < -0.4 is 5.32 Å². The van der Waals surface area contributed by atoms with Crippen molar-refractivity contribution in [1.29, 1.82) is 0 Å². The fourth-order valence-electron chi connectivity index (χ4n) is 3.10. The molecule has 0 saturated carbocycles. The zero-order valence-corrected chi connectivity index (χ0v) is 11.5.